The second-order valence-corrected chi connectivity index (χ2v) is 15.3. The van der Waals surface area contributed by atoms with E-state index in [0.29, 0.717) is 13.0 Å². The van der Waals surface area contributed by atoms with Gasteiger partial charge in [0.2, 0.25) is 11.8 Å². The number of nitrogens with zero attached hydrogens (tertiary/aromatic N) is 2. The number of hydrogen-bond donors (Lipinski definition) is 2. The lowest BCUT2D eigenvalue weighted by Gasteiger charge is -2.29. The first kappa shape index (κ1) is 49.9. The molecule has 0 rings (SSSR count). The Hall–Kier alpha value is -2.12. The van der Waals surface area contributed by atoms with Gasteiger partial charge in [0.05, 0.1) is 6.61 Å². The Morgan fingerprint density at radius 2 is 0.808 bits per heavy atom. The van der Waals surface area contributed by atoms with E-state index in [4.69, 9.17) is 16.2 Å². The number of carbonyl (C=O) groups excluding carboxylic acids is 3. The molecule has 306 valence electrons. The van der Waals surface area contributed by atoms with E-state index in [9.17, 15) is 14.4 Å². The summed E-state index contributed by atoms with van der Waals surface area (Å²) in [6, 6.07) is -0.940. The van der Waals surface area contributed by atoms with E-state index >= 15 is 0 Å². The minimum atomic E-state index is -0.940. The summed E-state index contributed by atoms with van der Waals surface area (Å²) in [5.41, 5.74) is 11.0. The van der Waals surface area contributed by atoms with E-state index in [1.165, 1.54) is 146 Å². The van der Waals surface area contributed by atoms with E-state index in [0.717, 1.165) is 51.4 Å². The fourth-order valence-corrected chi connectivity index (χ4v) is 6.93. The van der Waals surface area contributed by atoms with Crippen LogP contribution in [0.25, 0.3) is 0 Å². The van der Waals surface area contributed by atoms with Crippen LogP contribution >= 0.6 is 0 Å². The molecular formula is C44H86N4O4. The zero-order valence-corrected chi connectivity index (χ0v) is 34.7. The van der Waals surface area contributed by atoms with Crippen LogP contribution in [0.1, 0.15) is 239 Å². The number of carbonyl (C=O) groups is 3. The highest BCUT2D eigenvalue weighted by atomic mass is 16.5. The summed E-state index contributed by atoms with van der Waals surface area (Å²) in [5.74, 6) is -1.02. The molecule has 0 aromatic rings. The monoisotopic (exact) mass is 735 g/mol. The molecule has 0 saturated heterocycles. The fourth-order valence-electron chi connectivity index (χ4n) is 6.93. The van der Waals surface area contributed by atoms with Gasteiger partial charge in [-0.3, -0.25) is 19.5 Å². The third kappa shape index (κ3) is 31.4. The first-order valence-corrected chi connectivity index (χ1v) is 22.5. The number of imide groups is 1. The predicted molar refractivity (Wildman–Crippen MR) is 221 cm³/mol. The Bertz CT molecular complexity index is 861. The Labute approximate surface area is 321 Å². The van der Waals surface area contributed by atoms with Crippen molar-refractivity contribution in [1.82, 2.24) is 4.90 Å². The van der Waals surface area contributed by atoms with Gasteiger partial charge in [-0.1, -0.05) is 194 Å². The van der Waals surface area contributed by atoms with Gasteiger partial charge in [0, 0.05) is 19.4 Å². The lowest BCUT2D eigenvalue weighted by Crippen LogP contribution is -2.49. The molecule has 0 aromatic heterocycles. The van der Waals surface area contributed by atoms with Gasteiger partial charge in [-0.15, -0.1) is 0 Å². The molecule has 0 unspecified atom stereocenters. The van der Waals surface area contributed by atoms with Crippen LogP contribution in [-0.2, 0) is 19.1 Å². The highest BCUT2D eigenvalue weighted by molar-refractivity contribution is 5.99. The minimum absolute atomic E-state index is 0.0124. The van der Waals surface area contributed by atoms with Crippen LogP contribution < -0.4 is 11.5 Å². The van der Waals surface area contributed by atoms with Crippen molar-refractivity contribution < 1.29 is 19.1 Å². The number of esters is 1. The van der Waals surface area contributed by atoms with Crippen LogP contribution in [0.5, 0.6) is 0 Å². The van der Waals surface area contributed by atoms with Crippen molar-refractivity contribution in [2.45, 2.75) is 245 Å². The van der Waals surface area contributed by atoms with Gasteiger partial charge in [-0.25, -0.2) is 4.79 Å². The van der Waals surface area contributed by atoms with Crippen LogP contribution in [0, 0.1) is 0 Å². The van der Waals surface area contributed by atoms with Crippen molar-refractivity contribution in [1.29, 1.82) is 0 Å². The molecule has 4 N–H and O–H groups in total. The van der Waals surface area contributed by atoms with Crippen LogP contribution in [0.2, 0.25) is 0 Å². The third-order valence-corrected chi connectivity index (χ3v) is 10.3. The average molecular weight is 735 g/mol. The molecular weight excluding hydrogens is 649 g/mol. The number of unbranched alkanes of at least 4 members (excludes halogenated alkanes) is 27. The lowest BCUT2D eigenvalue weighted by molar-refractivity contribution is -0.162. The van der Waals surface area contributed by atoms with Gasteiger partial charge in [-0.05, 0) is 32.1 Å². The quantitative estimate of drug-likeness (QED) is 0.0280. The molecule has 0 saturated carbocycles. The van der Waals surface area contributed by atoms with Crippen molar-refractivity contribution in [3.63, 3.8) is 0 Å². The van der Waals surface area contributed by atoms with E-state index in [-0.39, 0.29) is 43.6 Å². The molecule has 0 heterocycles. The molecule has 0 aromatic carbocycles. The summed E-state index contributed by atoms with van der Waals surface area (Å²) < 4.78 is 5.59. The summed E-state index contributed by atoms with van der Waals surface area (Å²) in [6.07, 6.45) is 37.6. The van der Waals surface area contributed by atoms with Crippen molar-refractivity contribution in [3.8, 4) is 0 Å². The van der Waals surface area contributed by atoms with E-state index in [1.54, 1.807) is 0 Å². The number of aliphatic imine (C=N–C) groups is 1. The van der Waals surface area contributed by atoms with Crippen molar-refractivity contribution in [3.05, 3.63) is 0 Å². The van der Waals surface area contributed by atoms with Crippen LogP contribution in [0.4, 0.5) is 0 Å². The number of amides is 2. The fraction of sp³-hybridized carbons (Fsp3) is 0.909. The summed E-state index contributed by atoms with van der Waals surface area (Å²) in [4.78, 5) is 46.0. The van der Waals surface area contributed by atoms with Crippen molar-refractivity contribution >= 4 is 23.7 Å². The van der Waals surface area contributed by atoms with Crippen molar-refractivity contribution in [2.75, 3.05) is 13.2 Å². The molecule has 0 aliphatic carbocycles. The maximum Gasteiger partial charge on any atom is 0.329 e. The second kappa shape index (κ2) is 38.6. The number of hydrogen-bond acceptors (Lipinski definition) is 5. The van der Waals surface area contributed by atoms with Crippen LogP contribution in [-0.4, -0.2) is 47.8 Å². The highest BCUT2D eigenvalue weighted by Crippen LogP contribution is 2.19. The van der Waals surface area contributed by atoms with Gasteiger partial charge in [0.15, 0.2) is 5.96 Å². The van der Waals surface area contributed by atoms with Crippen molar-refractivity contribution in [2.24, 2.45) is 16.5 Å². The molecule has 1 atom stereocenters. The standard InChI is InChI=1S/C44H86N4O4/c1-4-7-10-12-14-16-18-20-21-23-25-27-29-31-33-37-42(50)48(40(35-34-38-47-44(45)46)43(51)52-39-9-6-3)41(49)36-32-30-28-26-24-22-19-17-15-13-11-8-5-2/h40H,4-39H2,1-3H3,(H4,45,46,47)/t40-/m0/s1. The second-order valence-electron chi connectivity index (χ2n) is 15.3. The number of rotatable bonds is 39. The Morgan fingerprint density at radius 3 is 1.13 bits per heavy atom. The molecule has 8 nitrogen and oxygen atoms in total. The third-order valence-electron chi connectivity index (χ3n) is 10.3. The SMILES string of the molecule is CCCCCCCCCCCCCCCCCC(=O)N(C(=O)CCCCCCCCCCCCCCC)[C@@H](CCCN=C(N)N)C(=O)OCCCC. The normalized spacial score (nSPS) is 11.8. The minimum Gasteiger partial charge on any atom is -0.464 e. The molecule has 0 aliphatic rings. The van der Waals surface area contributed by atoms with E-state index < -0.39 is 12.0 Å². The average Bonchev–Trinajstić information content (AvgIpc) is 3.12. The maximum atomic E-state index is 13.7. The Balaban J connectivity index is 4.85. The molecule has 0 radical (unpaired) electrons. The predicted octanol–water partition coefficient (Wildman–Crippen LogP) is 11.8. The smallest absolute Gasteiger partial charge is 0.329 e. The van der Waals surface area contributed by atoms with Crippen LogP contribution in [0.15, 0.2) is 4.99 Å². The Kier molecular flexibility index (Phi) is 37.0. The first-order chi connectivity index (χ1) is 25.4. The highest BCUT2D eigenvalue weighted by Gasteiger charge is 2.34. The molecule has 0 fully saturated rings. The first-order valence-electron chi connectivity index (χ1n) is 22.5. The van der Waals surface area contributed by atoms with Gasteiger partial charge >= 0.3 is 5.97 Å². The summed E-state index contributed by atoms with van der Waals surface area (Å²) in [7, 11) is 0. The summed E-state index contributed by atoms with van der Waals surface area (Å²) in [6.45, 7) is 7.18. The molecule has 2 amide bonds. The topological polar surface area (TPSA) is 128 Å². The number of nitrogens with two attached hydrogens (primary N) is 2. The molecule has 0 bridgehead atoms. The zero-order chi connectivity index (χ0) is 38.3. The summed E-state index contributed by atoms with van der Waals surface area (Å²) >= 11 is 0. The maximum absolute atomic E-state index is 13.7. The number of guanidine groups is 1. The van der Waals surface area contributed by atoms with Crippen LogP contribution in [0.3, 0.4) is 0 Å². The largest absolute Gasteiger partial charge is 0.464 e. The van der Waals surface area contributed by atoms with E-state index in [2.05, 4.69) is 18.8 Å². The molecule has 8 heteroatoms. The van der Waals surface area contributed by atoms with Gasteiger partial charge in [-0.2, -0.15) is 0 Å². The molecule has 52 heavy (non-hydrogen) atoms. The number of ether oxygens (including phenoxy) is 1. The van der Waals surface area contributed by atoms with Gasteiger partial charge in [0.25, 0.3) is 0 Å². The van der Waals surface area contributed by atoms with Gasteiger partial charge < -0.3 is 16.2 Å². The zero-order valence-electron chi connectivity index (χ0n) is 34.7. The Morgan fingerprint density at radius 1 is 0.481 bits per heavy atom. The molecule has 0 spiro atoms. The van der Waals surface area contributed by atoms with E-state index in [1.807, 2.05) is 6.92 Å². The molecule has 0 aliphatic heterocycles. The van der Waals surface area contributed by atoms with Gasteiger partial charge in [0.1, 0.15) is 6.04 Å². The lowest BCUT2D eigenvalue weighted by atomic mass is 10.0. The summed E-state index contributed by atoms with van der Waals surface area (Å²) in [5, 5.41) is 0.